The molecule has 5 rings (SSSR count). The van der Waals surface area contributed by atoms with E-state index < -0.39 is 45.0 Å². The fourth-order valence-corrected chi connectivity index (χ4v) is 7.15. The largest absolute Gasteiger partial charge is 0.493 e. The van der Waals surface area contributed by atoms with Crippen LogP contribution in [0.5, 0.6) is 11.5 Å². The predicted molar refractivity (Wildman–Crippen MR) is 176 cm³/mol. The second-order valence-electron chi connectivity index (χ2n) is 11.4. The quantitative estimate of drug-likeness (QED) is 0.163. The second-order valence-corrected chi connectivity index (χ2v) is 13.9. The molecule has 4 aromatic rings. The van der Waals surface area contributed by atoms with E-state index in [1.54, 1.807) is 44.3 Å². The van der Waals surface area contributed by atoms with E-state index in [1.807, 2.05) is 0 Å². The number of amides is 2. The number of carbonyl (C=O) groups is 2. The number of benzene rings is 3. The van der Waals surface area contributed by atoms with Crippen LogP contribution in [-0.2, 0) is 14.6 Å². The van der Waals surface area contributed by atoms with Crippen molar-refractivity contribution < 1.29 is 37.0 Å². The maximum Gasteiger partial charge on any atom is 0.409 e. The van der Waals surface area contributed by atoms with Gasteiger partial charge in [0.1, 0.15) is 17.7 Å². The van der Waals surface area contributed by atoms with Gasteiger partial charge >= 0.3 is 6.09 Å². The van der Waals surface area contributed by atoms with Gasteiger partial charge in [0, 0.05) is 41.1 Å². The molecule has 12 nitrogen and oxygen atoms in total. The van der Waals surface area contributed by atoms with Gasteiger partial charge in [0.05, 0.1) is 30.4 Å². The second kappa shape index (κ2) is 13.3. The predicted octanol–water partition coefficient (Wildman–Crippen LogP) is 5.76. The lowest BCUT2D eigenvalue weighted by Crippen LogP contribution is -2.38. The van der Waals surface area contributed by atoms with Crippen LogP contribution in [0.25, 0.3) is 10.8 Å². The number of carboxylic acid groups (broad SMARTS) is 1. The molecule has 3 aromatic carbocycles. The highest BCUT2D eigenvalue weighted by atomic mass is 32.2. The van der Waals surface area contributed by atoms with Gasteiger partial charge in [-0.25, -0.2) is 22.6 Å². The van der Waals surface area contributed by atoms with E-state index in [9.17, 15) is 23.1 Å². The molecule has 0 aliphatic carbocycles. The molecule has 1 aliphatic heterocycles. The van der Waals surface area contributed by atoms with Gasteiger partial charge in [0.25, 0.3) is 0 Å². The normalized spacial score (nSPS) is 15.4. The number of likely N-dealkylation sites (tertiary alicyclic amines) is 1. The van der Waals surface area contributed by atoms with Gasteiger partial charge < -0.3 is 30.5 Å². The highest BCUT2D eigenvalue weighted by molar-refractivity contribution is 7.92. The Morgan fingerprint density at radius 1 is 1.04 bits per heavy atom. The molecular formula is C33H36FN5O7S. The van der Waals surface area contributed by atoms with Crippen molar-refractivity contribution in [2.75, 3.05) is 37.1 Å². The summed E-state index contributed by atoms with van der Waals surface area (Å²) in [4.78, 5) is 31.7. The summed E-state index contributed by atoms with van der Waals surface area (Å²) in [6.45, 7) is 3.34. The zero-order valence-electron chi connectivity index (χ0n) is 26.3. The van der Waals surface area contributed by atoms with E-state index in [0.717, 1.165) is 11.5 Å². The van der Waals surface area contributed by atoms with Crippen molar-refractivity contribution in [3.8, 4) is 11.5 Å². The van der Waals surface area contributed by atoms with Crippen molar-refractivity contribution in [2.45, 2.75) is 48.9 Å². The van der Waals surface area contributed by atoms with Crippen LogP contribution in [0.2, 0.25) is 0 Å². The molecule has 2 heterocycles. The van der Waals surface area contributed by atoms with Gasteiger partial charge in [-0.3, -0.25) is 10.1 Å². The summed E-state index contributed by atoms with van der Waals surface area (Å²) in [6, 6.07) is 11.6. The Morgan fingerprint density at radius 2 is 1.74 bits per heavy atom. The Kier molecular flexibility index (Phi) is 9.43. The van der Waals surface area contributed by atoms with Crippen molar-refractivity contribution in [1.82, 2.24) is 9.88 Å². The summed E-state index contributed by atoms with van der Waals surface area (Å²) >= 11 is 0. The number of hydrogen-bond donors (Lipinski definition) is 4. The number of sulfone groups is 1. The molecule has 1 aliphatic rings. The van der Waals surface area contributed by atoms with Crippen LogP contribution in [0.4, 0.5) is 26.4 Å². The third kappa shape index (κ3) is 6.59. The first kappa shape index (κ1) is 33.3. The molecule has 248 valence electrons. The molecule has 2 amide bonds. The van der Waals surface area contributed by atoms with Crippen molar-refractivity contribution in [2.24, 2.45) is 0 Å². The number of anilines is 3. The van der Waals surface area contributed by atoms with Crippen LogP contribution in [0.3, 0.4) is 0 Å². The molecule has 47 heavy (non-hydrogen) atoms. The molecule has 0 spiro atoms. The summed E-state index contributed by atoms with van der Waals surface area (Å²) in [5.41, 5.74) is 6.92. The average Bonchev–Trinajstić information content (AvgIpc) is 3.53. The first-order valence-electron chi connectivity index (χ1n) is 14.9. The Balaban J connectivity index is 1.63. The average molecular weight is 666 g/mol. The first-order valence-corrected chi connectivity index (χ1v) is 16.4. The minimum absolute atomic E-state index is 0.00401. The lowest BCUT2D eigenvalue weighted by atomic mass is 10.00. The van der Waals surface area contributed by atoms with Crippen molar-refractivity contribution in [3.63, 3.8) is 0 Å². The number of pyridine rings is 1. The van der Waals surface area contributed by atoms with Crippen LogP contribution < -0.4 is 25.8 Å². The SMILES string of the molecule is COc1cc(F)c([C@H](Nc2ccc3c(N)nccc3c2)C(=O)N2CCC[C@@H]2c2cc(NC(=O)O)ccc2S(=O)(=O)C(C)C)cc1OC. The number of rotatable bonds is 10. The molecule has 2 atom stereocenters. The summed E-state index contributed by atoms with van der Waals surface area (Å²) < 4.78 is 53.5. The summed E-state index contributed by atoms with van der Waals surface area (Å²) in [6.07, 6.45) is 1.16. The fourth-order valence-electron chi connectivity index (χ4n) is 5.86. The van der Waals surface area contributed by atoms with Gasteiger partial charge in [-0.05, 0) is 86.2 Å². The number of halogens is 1. The van der Waals surface area contributed by atoms with E-state index in [4.69, 9.17) is 15.2 Å². The maximum absolute atomic E-state index is 15.8. The van der Waals surface area contributed by atoms with Gasteiger partial charge in [-0.1, -0.05) is 0 Å². The molecule has 0 saturated carbocycles. The van der Waals surface area contributed by atoms with Gasteiger partial charge in [-0.2, -0.15) is 0 Å². The Labute approximate surface area is 271 Å². The monoisotopic (exact) mass is 665 g/mol. The van der Waals surface area contributed by atoms with Gasteiger partial charge in [-0.15, -0.1) is 0 Å². The molecular weight excluding hydrogens is 629 g/mol. The molecule has 5 N–H and O–H groups in total. The van der Waals surface area contributed by atoms with Gasteiger partial charge in [0.2, 0.25) is 5.91 Å². The van der Waals surface area contributed by atoms with Crippen molar-refractivity contribution in [1.29, 1.82) is 0 Å². The van der Waals surface area contributed by atoms with E-state index in [1.165, 1.54) is 43.4 Å². The number of hydrogen-bond acceptors (Lipinski definition) is 9. The smallest absolute Gasteiger partial charge is 0.409 e. The van der Waals surface area contributed by atoms with Crippen LogP contribution in [0.1, 0.15) is 49.9 Å². The van der Waals surface area contributed by atoms with Crippen molar-refractivity contribution >= 4 is 49.8 Å². The van der Waals surface area contributed by atoms with E-state index in [0.29, 0.717) is 29.7 Å². The number of nitrogens with zero attached hydrogens (tertiary/aromatic N) is 2. The molecule has 1 aromatic heterocycles. The topological polar surface area (TPSA) is 173 Å². The lowest BCUT2D eigenvalue weighted by molar-refractivity contribution is -0.133. The Bertz CT molecular complexity index is 1950. The molecule has 0 radical (unpaired) electrons. The summed E-state index contributed by atoms with van der Waals surface area (Å²) in [5.74, 6) is -0.582. The van der Waals surface area contributed by atoms with Crippen LogP contribution in [0.15, 0.2) is 65.7 Å². The highest BCUT2D eigenvalue weighted by Gasteiger charge is 2.39. The Hall–Kier alpha value is -5.11. The number of ether oxygens (including phenoxy) is 2. The minimum Gasteiger partial charge on any atom is -0.493 e. The van der Waals surface area contributed by atoms with Crippen molar-refractivity contribution in [3.05, 3.63) is 77.7 Å². The Morgan fingerprint density at radius 3 is 2.43 bits per heavy atom. The summed E-state index contributed by atoms with van der Waals surface area (Å²) in [7, 11) is -1.07. The number of methoxy groups -OCH3 is 2. The third-order valence-corrected chi connectivity index (χ3v) is 10.5. The van der Waals surface area contributed by atoms with E-state index in [-0.39, 0.29) is 39.8 Å². The number of aromatic nitrogens is 1. The number of nitrogens with two attached hydrogens (primary N) is 1. The van der Waals surface area contributed by atoms with Gasteiger partial charge in [0.15, 0.2) is 21.3 Å². The first-order chi connectivity index (χ1) is 22.3. The van der Waals surface area contributed by atoms with Crippen LogP contribution in [0, 0.1) is 5.82 Å². The maximum atomic E-state index is 15.8. The molecule has 14 heteroatoms. The number of carbonyl (C=O) groups excluding carboxylic acids is 1. The fraction of sp³-hybridized carbons (Fsp3) is 0.303. The molecule has 1 fully saturated rings. The summed E-state index contributed by atoms with van der Waals surface area (Å²) in [5, 5.41) is 15.5. The number of nitrogen functional groups attached to an aromatic ring is 1. The van der Waals surface area contributed by atoms with Crippen LogP contribution >= 0.6 is 0 Å². The minimum atomic E-state index is -3.84. The zero-order valence-corrected chi connectivity index (χ0v) is 27.1. The number of fused-ring (bicyclic) bond motifs is 1. The molecule has 0 bridgehead atoms. The molecule has 0 unspecified atom stereocenters. The molecule has 1 saturated heterocycles. The van der Waals surface area contributed by atoms with E-state index >= 15 is 4.39 Å². The third-order valence-electron chi connectivity index (χ3n) is 8.25. The highest BCUT2D eigenvalue weighted by Crippen LogP contribution is 2.41. The standard InChI is InChI=1S/C33H36FN5O7S/c1-18(2)47(43,44)29-10-8-21(38-33(41)42)15-24(29)26-6-5-13-39(26)32(40)30(23-16-27(45-3)28(46-4)17-25(23)34)37-20-7-9-22-19(14-20)11-12-36-31(22)35/h7-12,14-18,26,30,37-38H,5-6,13H2,1-4H3,(H2,35,36)(H,41,42)/t26-,30+/m1/s1. The zero-order chi connectivity index (χ0) is 34.0. The lowest BCUT2D eigenvalue weighted by Gasteiger charge is -2.32. The van der Waals surface area contributed by atoms with E-state index in [2.05, 4.69) is 15.6 Å². The van der Waals surface area contributed by atoms with Crippen LogP contribution in [-0.4, -0.2) is 61.4 Å². The number of nitrogens with one attached hydrogen (secondary N) is 2.